The number of carbonyl (C=O) groups excluding carboxylic acids is 2. The highest BCUT2D eigenvalue weighted by Crippen LogP contribution is 2.32. The van der Waals surface area contributed by atoms with E-state index in [4.69, 9.17) is 15.9 Å². The first-order valence-corrected chi connectivity index (χ1v) is 11.9. The molecular weight excluding hydrogens is 484 g/mol. The molecule has 0 aliphatic heterocycles. The predicted octanol–water partition coefficient (Wildman–Crippen LogP) is 4.76. The van der Waals surface area contributed by atoms with Crippen LogP contribution in [0.1, 0.15) is 64.3 Å². The van der Waals surface area contributed by atoms with Gasteiger partial charge in [-0.25, -0.2) is 4.79 Å². The summed E-state index contributed by atoms with van der Waals surface area (Å²) in [5.74, 6) is -1.80. The van der Waals surface area contributed by atoms with E-state index in [0.717, 1.165) is 0 Å². The summed E-state index contributed by atoms with van der Waals surface area (Å²) >= 11 is 0. The van der Waals surface area contributed by atoms with Crippen molar-refractivity contribution in [3.05, 3.63) is 82.9 Å². The molecule has 0 spiro atoms. The highest BCUT2D eigenvalue weighted by Gasteiger charge is 2.24. The van der Waals surface area contributed by atoms with Gasteiger partial charge in [0.2, 0.25) is 0 Å². The zero-order valence-corrected chi connectivity index (χ0v) is 22.0. The third-order valence-electron chi connectivity index (χ3n) is 6.37. The van der Waals surface area contributed by atoms with E-state index >= 15 is 0 Å². The quantitative estimate of drug-likeness (QED) is 0.215. The number of aromatic carboxylic acids is 1. The smallest absolute Gasteiger partial charge is 0.336 e. The summed E-state index contributed by atoms with van der Waals surface area (Å²) in [5.41, 5.74) is 7.19. The number of nitrogen functional groups attached to an aromatic ring is 1. The molecule has 198 valence electrons. The summed E-state index contributed by atoms with van der Waals surface area (Å²) in [4.78, 5) is 38.4. The number of hydrogen-bond donors (Lipinski definition) is 5. The van der Waals surface area contributed by atoms with Crippen molar-refractivity contribution in [1.82, 2.24) is 5.32 Å². The fourth-order valence-electron chi connectivity index (χ4n) is 3.60. The third-order valence-corrected chi connectivity index (χ3v) is 6.37. The second-order valence-electron chi connectivity index (χ2n) is 9.98. The molecule has 1 unspecified atom stereocenters. The van der Waals surface area contributed by atoms with Crippen molar-refractivity contribution < 1.29 is 24.2 Å². The lowest BCUT2D eigenvalue weighted by molar-refractivity contribution is 0.0697. The summed E-state index contributed by atoms with van der Waals surface area (Å²) in [7, 11) is 1.46. The van der Waals surface area contributed by atoms with E-state index in [1.165, 1.54) is 25.3 Å². The molecule has 0 saturated carbocycles. The number of methoxy groups -OCH3 is 1. The number of carboxylic acid groups (broad SMARTS) is 1. The Morgan fingerprint density at radius 2 is 1.47 bits per heavy atom. The molecule has 3 rings (SSSR count). The Morgan fingerprint density at radius 1 is 0.895 bits per heavy atom. The Bertz CT molecular complexity index is 1390. The first kappa shape index (κ1) is 27.9. The van der Waals surface area contributed by atoms with Crippen molar-refractivity contribution in [3.63, 3.8) is 0 Å². The number of hydrogen-bond acceptors (Lipinski definition) is 5. The van der Waals surface area contributed by atoms with Gasteiger partial charge >= 0.3 is 5.97 Å². The number of benzene rings is 3. The Hall–Kier alpha value is -4.66. The number of rotatable bonds is 8. The number of amidine groups is 1. The van der Waals surface area contributed by atoms with Gasteiger partial charge in [0.15, 0.2) is 0 Å². The van der Waals surface area contributed by atoms with Crippen LogP contribution in [0.15, 0.2) is 60.7 Å². The molecule has 0 saturated heterocycles. The van der Waals surface area contributed by atoms with E-state index in [2.05, 4.69) is 10.6 Å². The topological polar surface area (TPSA) is 155 Å². The number of nitrogens with one attached hydrogen (secondary N) is 3. The van der Waals surface area contributed by atoms with Crippen LogP contribution in [0.25, 0.3) is 11.1 Å². The van der Waals surface area contributed by atoms with Crippen molar-refractivity contribution in [2.45, 2.75) is 33.7 Å². The first-order valence-electron chi connectivity index (χ1n) is 11.9. The van der Waals surface area contributed by atoms with Crippen LogP contribution in [-0.4, -0.2) is 41.9 Å². The molecule has 3 aromatic rings. The van der Waals surface area contributed by atoms with E-state index in [1.54, 1.807) is 42.5 Å². The van der Waals surface area contributed by atoms with Crippen LogP contribution in [0, 0.1) is 10.8 Å². The number of carbonyl (C=O) groups is 3. The molecular formula is C29H32N4O5. The molecule has 0 radical (unpaired) electrons. The Morgan fingerprint density at radius 3 is 2.03 bits per heavy atom. The zero-order valence-electron chi connectivity index (χ0n) is 22.0. The van der Waals surface area contributed by atoms with Gasteiger partial charge in [0, 0.05) is 22.9 Å². The maximum Gasteiger partial charge on any atom is 0.336 e. The highest BCUT2D eigenvalue weighted by molar-refractivity contribution is 6.11. The van der Waals surface area contributed by atoms with Crippen LogP contribution in [0.3, 0.4) is 0 Å². The van der Waals surface area contributed by atoms with Gasteiger partial charge < -0.3 is 26.2 Å². The van der Waals surface area contributed by atoms with Crippen LogP contribution in [0.5, 0.6) is 5.75 Å². The maximum absolute atomic E-state index is 13.3. The molecule has 6 N–H and O–H groups in total. The van der Waals surface area contributed by atoms with Gasteiger partial charge in [-0.15, -0.1) is 0 Å². The normalized spacial score (nSPS) is 11.8. The van der Waals surface area contributed by atoms with Crippen molar-refractivity contribution in [2.75, 3.05) is 12.4 Å². The van der Waals surface area contributed by atoms with E-state index in [-0.39, 0.29) is 45.5 Å². The number of nitrogens with two attached hydrogens (primary N) is 1. The molecule has 0 aliphatic rings. The lowest BCUT2D eigenvalue weighted by Gasteiger charge is -2.28. The molecule has 0 aromatic heterocycles. The Labute approximate surface area is 221 Å². The Balaban J connectivity index is 2.02. The minimum absolute atomic E-state index is 0.0934. The predicted molar refractivity (Wildman–Crippen MR) is 147 cm³/mol. The van der Waals surface area contributed by atoms with Crippen molar-refractivity contribution in [2.24, 2.45) is 11.1 Å². The van der Waals surface area contributed by atoms with Crippen LogP contribution in [-0.2, 0) is 0 Å². The lowest BCUT2D eigenvalue weighted by atomic mass is 9.87. The molecule has 9 heteroatoms. The second kappa shape index (κ2) is 11.2. The monoisotopic (exact) mass is 516 g/mol. The first-order chi connectivity index (χ1) is 17.8. The average Bonchev–Trinajstić information content (AvgIpc) is 2.87. The molecule has 0 bridgehead atoms. The molecule has 9 nitrogen and oxygen atoms in total. The molecule has 0 heterocycles. The largest absolute Gasteiger partial charge is 0.497 e. The Kier molecular flexibility index (Phi) is 8.20. The molecule has 0 fully saturated rings. The fourth-order valence-corrected chi connectivity index (χ4v) is 3.60. The van der Waals surface area contributed by atoms with Crippen LogP contribution >= 0.6 is 0 Å². The fraction of sp³-hybridized carbons (Fsp3) is 0.241. The second-order valence-corrected chi connectivity index (χ2v) is 9.98. The minimum atomic E-state index is -1.24. The zero-order chi connectivity index (χ0) is 28.2. The lowest BCUT2D eigenvalue weighted by Crippen LogP contribution is -2.41. The van der Waals surface area contributed by atoms with E-state index in [1.807, 2.05) is 27.7 Å². The number of carboxylic acids is 1. The molecule has 0 aliphatic carbocycles. The van der Waals surface area contributed by atoms with Crippen LogP contribution < -0.4 is 21.1 Å². The minimum Gasteiger partial charge on any atom is -0.497 e. The molecule has 2 amide bonds. The van der Waals surface area contributed by atoms with Crippen molar-refractivity contribution >= 4 is 29.3 Å². The van der Waals surface area contributed by atoms with Gasteiger partial charge in [-0.1, -0.05) is 26.8 Å². The van der Waals surface area contributed by atoms with Crippen molar-refractivity contribution in [3.8, 4) is 16.9 Å². The summed E-state index contributed by atoms with van der Waals surface area (Å²) in [5, 5.41) is 23.2. The van der Waals surface area contributed by atoms with E-state index in [0.29, 0.717) is 22.6 Å². The van der Waals surface area contributed by atoms with Crippen LogP contribution in [0.4, 0.5) is 5.69 Å². The molecule has 3 aromatic carbocycles. The number of ether oxygens (including phenoxy) is 1. The molecule has 1 atom stereocenters. The van der Waals surface area contributed by atoms with E-state index in [9.17, 15) is 19.5 Å². The van der Waals surface area contributed by atoms with Gasteiger partial charge in [-0.05, 0) is 78.1 Å². The van der Waals surface area contributed by atoms with Crippen LogP contribution in [0.2, 0.25) is 0 Å². The number of amides is 2. The molecule has 38 heavy (non-hydrogen) atoms. The highest BCUT2D eigenvalue weighted by atomic mass is 16.5. The van der Waals surface area contributed by atoms with Gasteiger partial charge in [0.05, 0.1) is 18.2 Å². The van der Waals surface area contributed by atoms with Gasteiger partial charge in [-0.3, -0.25) is 15.0 Å². The van der Waals surface area contributed by atoms with Gasteiger partial charge in [0.1, 0.15) is 11.6 Å². The summed E-state index contributed by atoms with van der Waals surface area (Å²) in [6.45, 7) is 7.88. The summed E-state index contributed by atoms with van der Waals surface area (Å²) < 4.78 is 5.29. The van der Waals surface area contributed by atoms with Crippen molar-refractivity contribution in [1.29, 1.82) is 5.41 Å². The van der Waals surface area contributed by atoms with E-state index < -0.39 is 11.9 Å². The summed E-state index contributed by atoms with van der Waals surface area (Å²) in [6.07, 6.45) is 0. The SMILES string of the molecule is COc1ccc(-c2ccc(C(=O)NC(C)C(C)(C)C)cc2C(=O)O)c(C(=O)Nc2ccc(C(=N)N)cc2)c1. The van der Waals surface area contributed by atoms with Gasteiger partial charge in [0.25, 0.3) is 11.8 Å². The van der Waals surface area contributed by atoms with Gasteiger partial charge in [-0.2, -0.15) is 0 Å². The summed E-state index contributed by atoms with van der Waals surface area (Å²) in [6, 6.07) is 15.4. The average molecular weight is 517 g/mol. The number of anilines is 1. The maximum atomic E-state index is 13.3. The third kappa shape index (κ3) is 6.36. The standard InChI is InChI=1S/C29H32N4O5/c1-16(29(2,3)4)32-26(34)18-8-12-22(24(14-18)28(36)37)21-13-11-20(38-5)15-23(21)27(35)33-19-9-6-17(7-10-19)25(30)31/h6-16H,1-5H3,(H3,30,31)(H,32,34)(H,33,35)(H,36,37).